The van der Waals surface area contributed by atoms with Crippen LogP contribution in [0.5, 0.6) is 5.75 Å². The van der Waals surface area contributed by atoms with Crippen LogP contribution in [0.3, 0.4) is 0 Å². The van der Waals surface area contributed by atoms with Crippen molar-refractivity contribution in [3.8, 4) is 5.75 Å². The van der Waals surface area contributed by atoms with Gasteiger partial charge in [0.2, 0.25) is 5.92 Å². The van der Waals surface area contributed by atoms with Crippen molar-refractivity contribution in [3.63, 3.8) is 0 Å². The first kappa shape index (κ1) is 13.1. The second kappa shape index (κ2) is 5.36. The number of hydrogen-bond acceptors (Lipinski definition) is 3. The summed E-state index contributed by atoms with van der Waals surface area (Å²) in [6.07, 6.45) is 0.00490. The van der Waals surface area contributed by atoms with Gasteiger partial charge in [0.25, 0.3) is 0 Å². The van der Waals surface area contributed by atoms with Crippen molar-refractivity contribution in [2.24, 2.45) is 0 Å². The minimum absolute atomic E-state index is 0.167. The highest BCUT2D eigenvalue weighted by molar-refractivity contribution is 7.74. The molecule has 6 heteroatoms. The summed E-state index contributed by atoms with van der Waals surface area (Å²) in [5.74, 6) is -2.52. The smallest absolute Gasteiger partial charge is 0.245 e. The Morgan fingerprint density at radius 2 is 1.94 bits per heavy atom. The van der Waals surface area contributed by atoms with Crippen LogP contribution in [0.4, 0.5) is 8.78 Å². The van der Waals surface area contributed by atoms with Gasteiger partial charge in [-0.2, -0.15) is 0 Å². The maximum absolute atomic E-state index is 12.6. The lowest BCUT2D eigenvalue weighted by molar-refractivity contribution is 0.0133. The van der Waals surface area contributed by atoms with Gasteiger partial charge in [0.15, 0.2) is 0 Å². The van der Waals surface area contributed by atoms with Crippen molar-refractivity contribution in [3.05, 3.63) is 29.8 Å². The van der Waals surface area contributed by atoms with Gasteiger partial charge in [-0.05, 0) is 31.0 Å². The Labute approximate surface area is 94.9 Å². The predicted octanol–water partition coefficient (Wildman–Crippen LogP) is 2.45. The largest absolute Gasteiger partial charge is 0.740 e. The summed E-state index contributed by atoms with van der Waals surface area (Å²) in [4.78, 5) is 0. The molecule has 0 aromatic heterocycles. The first-order chi connectivity index (χ1) is 7.37. The Balaban J connectivity index is 2.55. The average Bonchev–Trinajstić information content (AvgIpc) is 2.14. The van der Waals surface area contributed by atoms with E-state index in [4.69, 9.17) is 0 Å². The molecule has 0 aliphatic rings. The third-order valence-electron chi connectivity index (χ3n) is 1.94. The second-order valence-electron chi connectivity index (χ2n) is 3.50. The lowest BCUT2D eigenvalue weighted by Gasteiger charge is -2.10. The number of benzene rings is 1. The zero-order valence-corrected chi connectivity index (χ0v) is 9.43. The predicted molar refractivity (Wildman–Crippen MR) is 54.9 cm³/mol. The fourth-order valence-corrected chi connectivity index (χ4v) is 1.42. The summed E-state index contributed by atoms with van der Waals surface area (Å²) in [7, 11) is 0. The molecule has 0 bridgehead atoms. The summed E-state index contributed by atoms with van der Waals surface area (Å²) in [6.45, 7) is 0.866. The van der Waals surface area contributed by atoms with Crippen molar-refractivity contribution in [1.82, 2.24) is 0 Å². The van der Waals surface area contributed by atoms with Gasteiger partial charge >= 0.3 is 0 Å². The standard InChI is InChI=1S/C10H12F2O3S/c1-10(11,12)7-6-8-2-4-9(5-3-8)15-16(13)14/h2-5H,6-7H2,1H3,(H,13,14)/p-1. The minimum atomic E-state index is -2.69. The van der Waals surface area contributed by atoms with Gasteiger partial charge in [-0.15, -0.1) is 0 Å². The zero-order chi connectivity index (χ0) is 12.2. The molecular weight excluding hydrogens is 238 g/mol. The van der Waals surface area contributed by atoms with Crippen molar-refractivity contribution in [1.29, 1.82) is 0 Å². The van der Waals surface area contributed by atoms with Crippen LogP contribution in [0.1, 0.15) is 18.9 Å². The second-order valence-corrected chi connectivity index (χ2v) is 4.08. The molecule has 1 atom stereocenters. The molecule has 1 aromatic carbocycles. The summed E-state index contributed by atoms with van der Waals surface area (Å²) in [5.41, 5.74) is 0.713. The summed E-state index contributed by atoms with van der Waals surface area (Å²) < 4.78 is 49.9. The molecule has 3 nitrogen and oxygen atoms in total. The highest BCUT2D eigenvalue weighted by atomic mass is 32.2. The molecule has 0 amide bonds. The van der Waals surface area contributed by atoms with Crippen LogP contribution >= 0.6 is 0 Å². The maximum atomic E-state index is 12.6. The van der Waals surface area contributed by atoms with Crippen LogP contribution in [0.2, 0.25) is 0 Å². The molecule has 0 saturated heterocycles. The Morgan fingerprint density at radius 3 is 2.38 bits per heavy atom. The summed E-state index contributed by atoms with van der Waals surface area (Å²) in [5, 5.41) is 0. The summed E-state index contributed by atoms with van der Waals surface area (Å²) >= 11 is -2.61. The topological polar surface area (TPSA) is 49.4 Å². The molecule has 1 rings (SSSR count). The Morgan fingerprint density at radius 1 is 1.38 bits per heavy atom. The number of halogens is 2. The van der Waals surface area contributed by atoms with Crippen LogP contribution in [0.25, 0.3) is 0 Å². The van der Waals surface area contributed by atoms with E-state index in [0.29, 0.717) is 5.56 Å². The van der Waals surface area contributed by atoms with Crippen LogP contribution in [0.15, 0.2) is 24.3 Å². The fraction of sp³-hybridized carbons (Fsp3) is 0.400. The Hall–Kier alpha value is -1.01. The molecule has 1 aromatic rings. The normalized spacial score (nSPS) is 13.5. The van der Waals surface area contributed by atoms with Crippen molar-refractivity contribution in [2.75, 3.05) is 0 Å². The molecule has 1 unspecified atom stereocenters. The first-order valence-corrected chi connectivity index (χ1v) is 5.61. The van der Waals surface area contributed by atoms with E-state index >= 15 is 0 Å². The van der Waals surface area contributed by atoms with E-state index in [-0.39, 0.29) is 18.6 Å². The third kappa shape index (κ3) is 5.18. The lowest BCUT2D eigenvalue weighted by Crippen LogP contribution is -2.10. The van der Waals surface area contributed by atoms with Crippen LogP contribution in [-0.2, 0) is 17.8 Å². The van der Waals surface area contributed by atoms with Crippen molar-refractivity contribution >= 4 is 11.4 Å². The average molecular weight is 249 g/mol. The van der Waals surface area contributed by atoms with Crippen molar-refractivity contribution < 1.29 is 21.7 Å². The highest BCUT2D eigenvalue weighted by Gasteiger charge is 2.20. The molecule has 0 aliphatic carbocycles. The van der Waals surface area contributed by atoms with Crippen molar-refractivity contribution in [2.45, 2.75) is 25.7 Å². The highest BCUT2D eigenvalue weighted by Crippen LogP contribution is 2.21. The number of rotatable bonds is 5. The quantitative estimate of drug-likeness (QED) is 0.753. The molecule has 16 heavy (non-hydrogen) atoms. The monoisotopic (exact) mass is 249 g/mol. The minimum Gasteiger partial charge on any atom is -0.740 e. The van der Waals surface area contributed by atoms with E-state index < -0.39 is 17.3 Å². The van der Waals surface area contributed by atoms with E-state index in [1.807, 2.05) is 0 Å². The SMILES string of the molecule is CC(F)(F)CCc1ccc(OS(=O)[O-])cc1. The molecule has 0 fully saturated rings. The Kier molecular flexibility index (Phi) is 4.37. The van der Waals surface area contributed by atoms with Gasteiger partial charge in [-0.3, -0.25) is 0 Å². The molecular formula is C10H11F2O3S-. The molecule has 0 spiro atoms. The Bertz CT molecular complexity index is 359. The van der Waals surface area contributed by atoms with E-state index in [1.165, 1.54) is 12.1 Å². The fourth-order valence-electron chi connectivity index (χ4n) is 1.15. The van der Waals surface area contributed by atoms with Gasteiger partial charge in [0.1, 0.15) is 17.1 Å². The molecule has 0 N–H and O–H groups in total. The van der Waals surface area contributed by atoms with Gasteiger partial charge in [0, 0.05) is 6.42 Å². The van der Waals surface area contributed by atoms with Gasteiger partial charge in [-0.1, -0.05) is 12.1 Å². The van der Waals surface area contributed by atoms with E-state index in [0.717, 1.165) is 6.92 Å². The van der Waals surface area contributed by atoms with E-state index in [1.54, 1.807) is 12.1 Å². The van der Waals surface area contributed by atoms with Gasteiger partial charge < -0.3 is 8.74 Å². The number of hydrogen-bond donors (Lipinski definition) is 0. The first-order valence-electron chi connectivity index (χ1n) is 4.61. The molecule has 0 heterocycles. The van der Waals surface area contributed by atoms with E-state index in [9.17, 15) is 17.5 Å². The maximum Gasteiger partial charge on any atom is 0.245 e. The molecule has 0 aliphatic heterocycles. The molecule has 0 radical (unpaired) electrons. The van der Waals surface area contributed by atoms with Gasteiger partial charge in [0.05, 0.1) is 0 Å². The van der Waals surface area contributed by atoms with Crippen LogP contribution in [0, 0.1) is 0 Å². The van der Waals surface area contributed by atoms with Crippen LogP contribution < -0.4 is 4.18 Å². The third-order valence-corrected chi connectivity index (χ3v) is 2.27. The van der Waals surface area contributed by atoms with Crippen LogP contribution in [-0.4, -0.2) is 14.7 Å². The lowest BCUT2D eigenvalue weighted by atomic mass is 10.1. The molecule has 0 saturated carbocycles. The summed E-state index contributed by atoms with van der Waals surface area (Å²) in [6, 6.07) is 5.99. The van der Waals surface area contributed by atoms with Gasteiger partial charge in [-0.25, -0.2) is 13.0 Å². The molecule has 90 valence electrons. The number of alkyl halides is 2. The zero-order valence-electron chi connectivity index (χ0n) is 8.61. The van der Waals surface area contributed by atoms with E-state index in [2.05, 4.69) is 4.18 Å². The number of aryl methyl sites for hydroxylation is 1.